The van der Waals surface area contributed by atoms with E-state index < -0.39 is 11.7 Å². The Morgan fingerprint density at radius 2 is 1.98 bits per heavy atom. The summed E-state index contributed by atoms with van der Waals surface area (Å²) in [5.74, 6) is -1.05. The van der Waals surface area contributed by atoms with Crippen LogP contribution >= 0.6 is 0 Å². The molecule has 2 aromatic heterocycles. The van der Waals surface area contributed by atoms with Gasteiger partial charge in [-0.1, -0.05) is 0 Å². The van der Waals surface area contributed by atoms with Crippen LogP contribution in [0.4, 0.5) is 15.8 Å². The SMILES string of the molecule is C[C@@H]1CN(c2ccc(C(=O)Nc3cc(F)c4nn(C)cc4c3)c3nc(OC4CCNC(=O)C4)ncc23)C[C@@H](C)N1. The van der Waals surface area contributed by atoms with Gasteiger partial charge in [-0.3, -0.25) is 14.3 Å². The van der Waals surface area contributed by atoms with Gasteiger partial charge in [0.2, 0.25) is 5.91 Å². The third-order valence-electron chi connectivity index (χ3n) is 7.26. The minimum atomic E-state index is -0.523. The van der Waals surface area contributed by atoms with Crippen LogP contribution < -0.4 is 25.6 Å². The van der Waals surface area contributed by atoms with Gasteiger partial charge in [0.25, 0.3) is 5.91 Å². The lowest BCUT2D eigenvalue weighted by Gasteiger charge is -2.38. The van der Waals surface area contributed by atoms with Crippen molar-refractivity contribution in [2.45, 2.75) is 44.9 Å². The Bertz CT molecular complexity index is 1610. The zero-order valence-electron chi connectivity index (χ0n) is 22.6. The molecule has 40 heavy (non-hydrogen) atoms. The molecular weight excluding hydrogens is 515 g/mol. The van der Waals surface area contributed by atoms with Gasteiger partial charge in [-0.2, -0.15) is 10.1 Å². The number of rotatable bonds is 5. The van der Waals surface area contributed by atoms with Crippen molar-refractivity contribution in [3.05, 3.63) is 48.0 Å². The Morgan fingerprint density at radius 3 is 2.75 bits per heavy atom. The van der Waals surface area contributed by atoms with Gasteiger partial charge < -0.3 is 25.6 Å². The van der Waals surface area contributed by atoms with Crippen molar-refractivity contribution in [3.8, 4) is 6.01 Å². The number of nitrogens with zero attached hydrogens (tertiary/aromatic N) is 5. The maximum atomic E-state index is 14.7. The number of benzene rings is 2. The van der Waals surface area contributed by atoms with E-state index in [9.17, 15) is 14.0 Å². The number of fused-ring (bicyclic) bond motifs is 2. The van der Waals surface area contributed by atoms with Crippen LogP contribution in [0.15, 0.2) is 36.7 Å². The van der Waals surface area contributed by atoms with E-state index in [1.807, 2.05) is 6.07 Å². The van der Waals surface area contributed by atoms with Gasteiger partial charge in [-0.05, 0) is 38.1 Å². The number of carbonyl (C=O) groups is 2. The summed E-state index contributed by atoms with van der Waals surface area (Å²) in [7, 11) is 1.71. The van der Waals surface area contributed by atoms with Crippen molar-refractivity contribution >= 4 is 45.0 Å². The highest BCUT2D eigenvalue weighted by Crippen LogP contribution is 2.32. The van der Waals surface area contributed by atoms with Crippen molar-refractivity contribution in [2.24, 2.45) is 7.05 Å². The third kappa shape index (κ3) is 5.14. The summed E-state index contributed by atoms with van der Waals surface area (Å²) in [6, 6.07) is 7.23. The quantitative estimate of drug-likeness (QED) is 0.349. The summed E-state index contributed by atoms with van der Waals surface area (Å²) in [4.78, 5) is 36.8. The van der Waals surface area contributed by atoms with Gasteiger partial charge >= 0.3 is 6.01 Å². The Labute approximate surface area is 230 Å². The Morgan fingerprint density at radius 1 is 1.18 bits per heavy atom. The molecule has 6 rings (SSSR count). The molecule has 4 heterocycles. The maximum Gasteiger partial charge on any atom is 0.317 e. The minimum Gasteiger partial charge on any atom is -0.460 e. The lowest BCUT2D eigenvalue weighted by Crippen LogP contribution is -2.54. The summed E-state index contributed by atoms with van der Waals surface area (Å²) < 4.78 is 22.2. The fourth-order valence-corrected chi connectivity index (χ4v) is 5.61. The second kappa shape index (κ2) is 10.3. The molecule has 3 atom stereocenters. The highest BCUT2D eigenvalue weighted by atomic mass is 19.1. The number of hydrogen-bond acceptors (Lipinski definition) is 8. The summed E-state index contributed by atoms with van der Waals surface area (Å²) in [5, 5.41) is 14.5. The first-order chi connectivity index (χ1) is 19.2. The van der Waals surface area contributed by atoms with Crippen molar-refractivity contribution in [3.63, 3.8) is 0 Å². The predicted octanol–water partition coefficient (Wildman–Crippen LogP) is 2.75. The van der Waals surface area contributed by atoms with Gasteiger partial charge in [-0.15, -0.1) is 0 Å². The second-order valence-corrected chi connectivity index (χ2v) is 10.7. The molecule has 208 valence electrons. The van der Waals surface area contributed by atoms with E-state index >= 15 is 0 Å². The minimum absolute atomic E-state index is 0.0841. The molecule has 2 aliphatic heterocycles. The molecule has 2 aliphatic rings. The number of hydrogen-bond donors (Lipinski definition) is 3. The zero-order valence-corrected chi connectivity index (χ0v) is 22.6. The molecule has 0 spiro atoms. The number of amides is 2. The van der Waals surface area contributed by atoms with Crippen LogP contribution in [-0.2, 0) is 11.8 Å². The van der Waals surface area contributed by atoms with Crippen LogP contribution in [0.5, 0.6) is 6.01 Å². The van der Waals surface area contributed by atoms with E-state index in [0.717, 1.165) is 18.8 Å². The summed E-state index contributed by atoms with van der Waals surface area (Å²) >= 11 is 0. The van der Waals surface area contributed by atoms with Crippen molar-refractivity contribution < 1.29 is 18.7 Å². The summed E-state index contributed by atoms with van der Waals surface area (Å²) in [6.45, 7) is 6.35. The van der Waals surface area contributed by atoms with Gasteiger partial charge in [0.1, 0.15) is 11.6 Å². The van der Waals surface area contributed by atoms with E-state index in [2.05, 4.69) is 49.8 Å². The largest absolute Gasteiger partial charge is 0.460 e. The topological polar surface area (TPSA) is 126 Å². The van der Waals surface area contributed by atoms with Crippen LogP contribution in [0, 0.1) is 5.82 Å². The first-order valence-electron chi connectivity index (χ1n) is 13.4. The molecule has 2 fully saturated rings. The molecule has 2 aromatic carbocycles. The molecular formula is C28H31FN8O3. The number of piperazine rings is 1. The van der Waals surface area contributed by atoms with Gasteiger partial charge in [0.05, 0.1) is 17.5 Å². The number of piperidine rings is 1. The first kappa shape index (κ1) is 25.9. The van der Waals surface area contributed by atoms with Crippen LogP contribution in [0.2, 0.25) is 0 Å². The summed E-state index contributed by atoms with van der Waals surface area (Å²) in [5.41, 5.74) is 2.18. The molecule has 1 unspecified atom stereocenters. The molecule has 2 saturated heterocycles. The number of aryl methyl sites for hydroxylation is 1. The molecule has 0 saturated carbocycles. The molecule has 12 heteroatoms. The van der Waals surface area contributed by atoms with Gasteiger partial charge in [0, 0.05) is 79.7 Å². The van der Waals surface area contributed by atoms with Crippen LogP contribution in [0.3, 0.4) is 0 Å². The Balaban J connectivity index is 1.38. The normalized spacial score (nSPS) is 21.4. The molecule has 4 aromatic rings. The Hall–Kier alpha value is -4.32. The van der Waals surface area contributed by atoms with Crippen molar-refractivity contribution in [1.29, 1.82) is 0 Å². The number of carbonyl (C=O) groups excluding carboxylic acids is 2. The highest BCUT2D eigenvalue weighted by Gasteiger charge is 2.26. The molecule has 2 amide bonds. The molecule has 0 radical (unpaired) electrons. The van der Waals surface area contributed by atoms with Crippen LogP contribution in [0.1, 0.15) is 37.0 Å². The van der Waals surface area contributed by atoms with Gasteiger partial charge in [0.15, 0.2) is 5.82 Å². The standard InChI is InChI=1S/C28H31FN8O3/c1-15-12-37(13-16(2)32-15)23-5-4-20(27(39)33-18-8-17-14-36(3)35-25(17)22(29)9-18)26-21(23)11-31-28(34-26)40-19-6-7-30-24(38)10-19/h4-5,8-9,11,14-16,19,32H,6-7,10,12-13H2,1-3H3,(H,30,38)(H,33,39)/t15-,16-,19?/m1/s1. The zero-order chi connectivity index (χ0) is 28.0. The smallest absolute Gasteiger partial charge is 0.317 e. The molecule has 0 aliphatic carbocycles. The second-order valence-electron chi connectivity index (χ2n) is 10.7. The number of nitrogens with one attached hydrogen (secondary N) is 3. The van der Waals surface area contributed by atoms with E-state index in [1.165, 1.54) is 10.7 Å². The predicted molar refractivity (Wildman–Crippen MR) is 149 cm³/mol. The molecule has 0 bridgehead atoms. The maximum absolute atomic E-state index is 14.7. The average molecular weight is 547 g/mol. The molecule has 11 nitrogen and oxygen atoms in total. The monoisotopic (exact) mass is 546 g/mol. The third-order valence-corrected chi connectivity index (χ3v) is 7.26. The van der Waals surface area contributed by atoms with Crippen molar-refractivity contribution in [2.75, 3.05) is 29.9 Å². The lowest BCUT2D eigenvalue weighted by atomic mass is 10.0. The number of halogens is 1. The van der Waals surface area contributed by atoms with E-state index in [-0.39, 0.29) is 42.0 Å². The number of aromatic nitrogens is 4. The van der Waals surface area contributed by atoms with Gasteiger partial charge in [-0.25, -0.2) is 9.37 Å². The number of anilines is 2. The fraction of sp³-hybridized carbons (Fsp3) is 0.393. The Kier molecular flexibility index (Phi) is 6.70. The average Bonchev–Trinajstić information content (AvgIpc) is 3.28. The van der Waals surface area contributed by atoms with E-state index in [4.69, 9.17) is 4.74 Å². The number of ether oxygens (including phenoxy) is 1. The van der Waals surface area contributed by atoms with E-state index in [0.29, 0.717) is 40.5 Å². The van der Waals surface area contributed by atoms with Crippen LogP contribution in [0.25, 0.3) is 21.8 Å². The van der Waals surface area contributed by atoms with E-state index in [1.54, 1.807) is 31.6 Å². The fourth-order valence-electron chi connectivity index (χ4n) is 5.61. The van der Waals surface area contributed by atoms with Crippen molar-refractivity contribution in [1.82, 2.24) is 30.4 Å². The molecule has 3 N–H and O–H groups in total. The lowest BCUT2D eigenvalue weighted by molar-refractivity contribution is -0.124. The summed E-state index contributed by atoms with van der Waals surface area (Å²) in [6.07, 6.45) is 3.87. The van der Waals surface area contributed by atoms with Crippen LogP contribution in [-0.4, -0.2) is 69.4 Å². The highest BCUT2D eigenvalue weighted by molar-refractivity contribution is 6.14. The first-order valence-corrected chi connectivity index (χ1v) is 13.4.